The van der Waals surface area contributed by atoms with Crippen molar-refractivity contribution in [1.29, 1.82) is 0 Å². The first kappa shape index (κ1) is 17.9. The number of hydrogen-bond donors (Lipinski definition) is 0. The number of likely N-dealkylation sites (tertiary alicyclic amines) is 1. The van der Waals surface area contributed by atoms with Gasteiger partial charge in [0.25, 0.3) is 5.56 Å². The largest absolute Gasteiger partial charge is 0.381 e. The third-order valence-corrected chi connectivity index (χ3v) is 4.95. The monoisotopic (exact) mass is 348 g/mol. The molecule has 0 N–H and O–H groups in total. The first-order chi connectivity index (χ1) is 12.2. The molecule has 0 aromatic carbocycles. The fourth-order valence-corrected chi connectivity index (χ4v) is 3.51. The summed E-state index contributed by atoms with van der Waals surface area (Å²) < 4.78 is 6.85. The van der Waals surface area contributed by atoms with Crippen molar-refractivity contribution in [1.82, 2.24) is 14.7 Å². The van der Waals surface area contributed by atoms with Crippen LogP contribution in [-0.2, 0) is 16.1 Å². The number of carbonyl (C=O) groups excluding carboxylic acids is 1. The Balaban J connectivity index is 1.53. The topological polar surface area (TPSA) is 67.7 Å². The van der Waals surface area contributed by atoms with Gasteiger partial charge in [-0.25, -0.2) is 4.68 Å². The Hall–Kier alpha value is -1.89. The summed E-state index contributed by atoms with van der Waals surface area (Å²) in [5.74, 6) is 0.360. The number of aromatic nitrogens is 2. The van der Waals surface area contributed by atoms with E-state index in [1.807, 2.05) is 4.90 Å². The zero-order valence-electron chi connectivity index (χ0n) is 15.0. The molecule has 0 aliphatic carbocycles. The molecular weight excluding hydrogens is 320 g/mol. The predicted molar refractivity (Wildman–Crippen MR) is 95.7 cm³/mol. The van der Waals surface area contributed by atoms with Crippen molar-refractivity contribution in [3.8, 4) is 0 Å². The van der Waals surface area contributed by atoms with Crippen LogP contribution in [0.1, 0.15) is 32.6 Å². The van der Waals surface area contributed by atoms with E-state index >= 15 is 0 Å². The van der Waals surface area contributed by atoms with Gasteiger partial charge in [-0.2, -0.15) is 5.10 Å². The van der Waals surface area contributed by atoms with Crippen molar-refractivity contribution in [2.24, 2.45) is 5.92 Å². The Bertz CT molecular complexity index is 639. The molecule has 3 heterocycles. The summed E-state index contributed by atoms with van der Waals surface area (Å²) in [5, 5.41) is 4.20. The van der Waals surface area contributed by atoms with Crippen LogP contribution >= 0.6 is 0 Å². The predicted octanol–water partition coefficient (Wildman–Crippen LogP) is 1.12. The molecule has 3 rings (SSSR count). The fraction of sp³-hybridized carbons (Fsp3) is 0.722. The summed E-state index contributed by atoms with van der Waals surface area (Å²) in [6.45, 7) is 6.97. The van der Waals surface area contributed by atoms with E-state index in [-0.39, 0.29) is 18.0 Å². The highest BCUT2D eigenvalue weighted by Gasteiger charge is 2.26. The smallest absolute Gasteiger partial charge is 0.269 e. The second-order valence-corrected chi connectivity index (χ2v) is 6.97. The van der Waals surface area contributed by atoms with Crippen molar-refractivity contribution >= 4 is 11.6 Å². The summed E-state index contributed by atoms with van der Waals surface area (Å²) in [6, 6.07) is 1.59. The number of carbonyl (C=O) groups is 1. The number of amides is 1. The summed E-state index contributed by atoms with van der Waals surface area (Å²) in [7, 11) is 0. The van der Waals surface area contributed by atoms with E-state index in [4.69, 9.17) is 4.74 Å². The Morgan fingerprint density at radius 2 is 2.12 bits per heavy atom. The van der Waals surface area contributed by atoms with E-state index in [0.29, 0.717) is 19.1 Å². The van der Waals surface area contributed by atoms with Crippen LogP contribution in [0.5, 0.6) is 0 Å². The maximum Gasteiger partial charge on any atom is 0.269 e. The molecule has 2 fully saturated rings. The Morgan fingerprint density at radius 1 is 1.32 bits per heavy atom. The average Bonchev–Trinajstić information content (AvgIpc) is 3.28. The van der Waals surface area contributed by atoms with Crippen molar-refractivity contribution in [3.63, 3.8) is 0 Å². The summed E-state index contributed by atoms with van der Waals surface area (Å²) >= 11 is 0. The van der Waals surface area contributed by atoms with E-state index in [2.05, 4.69) is 16.9 Å². The Morgan fingerprint density at radius 3 is 2.84 bits per heavy atom. The third kappa shape index (κ3) is 4.60. The van der Waals surface area contributed by atoms with Crippen LogP contribution in [0.25, 0.3) is 0 Å². The molecule has 0 radical (unpaired) electrons. The van der Waals surface area contributed by atoms with Gasteiger partial charge in [-0.15, -0.1) is 0 Å². The maximum atomic E-state index is 12.5. The number of ether oxygens (including phenoxy) is 1. The van der Waals surface area contributed by atoms with E-state index in [1.54, 1.807) is 12.3 Å². The SMILES string of the molecule is CCCOC[C@H]1CCN(C(=O)Cn2ncc(N3CCCC3)cc2=O)C1. The molecule has 2 aliphatic rings. The maximum absolute atomic E-state index is 12.5. The summed E-state index contributed by atoms with van der Waals surface area (Å²) in [5.41, 5.74) is 0.653. The van der Waals surface area contributed by atoms with E-state index in [0.717, 1.165) is 57.6 Å². The van der Waals surface area contributed by atoms with E-state index < -0.39 is 0 Å². The molecule has 2 aliphatic heterocycles. The minimum Gasteiger partial charge on any atom is -0.381 e. The van der Waals surface area contributed by atoms with Gasteiger partial charge in [-0.1, -0.05) is 6.92 Å². The van der Waals surface area contributed by atoms with E-state index in [9.17, 15) is 9.59 Å². The fourth-order valence-electron chi connectivity index (χ4n) is 3.51. The average molecular weight is 348 g/mol. The van der Waals surface area contributed by atoms with Gasteiger partial charge in [-0.3, -0.25) is 9.59 Å². The van der Waals surface area contributed by atoms with Crippen LogP contribution < -0.4 is 10.5 Å². The van der Waals surface area contributed by atoms with Crippen LogP contribution in [0.15, 0.2) is 17.1 Å². The first-order valence-electron chi connectivity index (χ1n) is 9.35. The quantitative estimate of drug-likeness (QED) is 0.691. The molecule has 7 nitrogen and oxygen atoms in total. The van der Waals surface area contributed by atoms with Crippen molar-refractivity contribution < 1.29 is 9.53 Å². The molecule has 1 aromatic heterocycles. The van der Waals surface area contributed by atoms with Crippen LogP contribution in [0.3, 0.4) is 0 Å². The molecule has 1 amide bonds. The first-order valence-corrected chi connectivity index (χ1v) is 9.35. The molecule has 1 atom stereocenters. The third-order valence-electron chi connectivity index (χ3n) is 4.95. The highest BCUT2D eigenvalue weighted by Crippen LogP contribution is 2.18. The normalized spacial score (nSPS) is 20.4. The second kappa shape index (κ2) is 8.47. The number of hydrogen-bond acceptors (Lipinski definition) is 5. The molecule has 0 bridgehead atoms. The molecule has 1 aromatic rings. The van der Waals surface area contributed by atoms with Gasteiger partial charge in [0.15, 0.2) is 0 Å². The minimum absolute atomic E-state index is 0.0155. The number of anilines is 1. The molecule has 7 heteroatoms. The van der Waals surface area contributed by atoms with Crippen molar-refractivity contribution in [2.75, 3.05) is 44.3 Å². The zero-order chi connectivity index (χ0) is 17.6. The van der Waals surface area contributed by atoms with Gasteiger partial charge < -0.3 is 14.5 Å². The van der Waals surface area contributed by atoms with Crippen molar-refractivity contribution in [3.05, 3.63) is 22.6 Å². The van der Waals surface area contributed by atoms with Crippen molar-refractivity contribution in [2.45, 2.75) is 39.2 Å². The number of nitrogens with zero attached hydrogens (tertiary/aromatic N) is 4. The van der Waals surface area contributed by atoms with Gasteiger partial charge in [0, 0.05) is 44.8 Å². The van der Waals surface area contributed by atoms with Crippen LogP contribution in [-0.4, -0.2) is 60.0 Å². The highest BCUT2D eigenvalue weighted by atomic mass is 16.5. The number of rotatable bonds is 7. The Labute approximate surface area is 148 Å². The van der Waals surface area contributed by atoms with Gasteiger partial charge in [0.2, 0.25) is 5.91 Å². The lowest BCUT2D eigenvalue weighted by atomic mass is 10.1. The molecule has 2 saturated heterocycles. The van der Waals surface area contributed by atoms with E-state index in [1.165, 1.54) is 4.68 Å². The lowest BCUT2D eigenvalue weighted by Gasteiger charge is -2.19. The standard InChI is InChI=1S/C18H28N4O3/c1-2-9-25-14-15-5-8-21(12-15)18(24)13-22-17(23)10-16(11-19-22)20-6-3-4-7-20/h10-11,15H,2-9,12-14H2,1H3/t15-/m0/s1. The summed E-state index contributed by atoms with van der Waals surface area (Å²) in [4.78, 5) is 28.7. The molecule has 0 unspecified atom stereocenters. The summed E-state index contributed by atoms with van der Waals surface area (Å²) in [6.07, 6.45) is 5.98. The van der Waals surface area contributed by atoms with Crippen LogP contribution in [0, 0.1) is 5.92 Å². The zero-order valence-corrected chi connectivity index (χ0v) is 15.0. The second-order valence-electron chi connectivity index (χ2n) is 6.97. The Kier molecular flexibility index (Phi) is 6.07. The lowest BCUT2D eigenvalue weighted by molar-refractivity contribution is -0.131. The molecular formula is C18H28N4O3. The minimum atomic E-state index is -0.209. The molecule has 0 saturated carbocycles. The van der Waals surface area contributed by atoms with Gasteiger partial charge >= 0.3 is 0 Å². The van der Waals surface area contributed by atoms with Gasteiger partial charge in [0.1, 0.15) is 6.54 Å². The van der Waals surface area contributed by atoms with Gasteiger partial charge in [-0.05, 0) is 25.7 Å². The molecule has 138 valence electrons. The lowest BCUT2D eigenvalue weighted by Crippen LogP contribution is -2.36. The molecule has 25 heavy (non-hydrogen) atoms. The van der Waals surface area contributed by atoms with Crippen LogP contribution in [0.4, 0.5) is 5.69 Å². The highest BCUT2D eigenvalue weighted by molar-refractivity contribution is 5.76. The molecule has 0 spiro atoms. The van der Waals surface area contributed by atoms with Gasteiger partial charge in [0.05, 0.1) is 18.5 Å². The van der Waals surface area contributed by atoms with Crippen LogP contribution in [0.2, 0.25) is 0 Å².